The Labute approximate surface area is 113 Å². The molecule has 1 heterocycles. The average molecular weight is 264 g/mol. The molecular formula is C14H20N2O3. The number of morpholine rings is 1. The van der Waals surface area contributed by atoms with Gasteiger partial charge >= 0.3 is 0 Å². The second-order valence-corrected chi connectivity index (χ2v) is 4.44. The maximum absolute atomic E-state index is 11.7. The van der Waals surface area contributed by atoms with E-state index in [2.05, 4.69) is 10.6 Å². The molecule has 1 aromatic rings. The number of amides is 1. The van der Waals surface area contributed by atoms with E-state index in [1.165, 1.54) is 0 Å². The molecule has 104 valence electrons. The molecule has 1 aliphatic heterocycles. The van der Waals surface area contributed by atoms with Crippen molar-refractivity contribution in [1.29, 1.82) is 0 Å². The van der Waals surface area contributed by atoms with E-state index in [0.29, 0.717) is 26.2 Å². The van der Waals surface area contributed by atoms with Gasteiger partial charge in [-0.2, -0.15) is 0 Å². The van der Waals surface area contributed by atoms with E-state index in [0.717, 1.165) is 18.9 Å². The number of ether oxygens (including phenoxy) is 2. The summed E-state index contributed by atoms with van der Waals surface area (Å²) >= 11 is 0. The number of carbonyl (C=O) groups excluding carboxylic acids is 1. The van der Waals surface area contributed by atoms with Gasteiger partial charge in [0, 0.05) is 19.0 Å². The number of hydrogen-bond acceptors (Lipinski definition) is 4. The van der Waals surface area contributed by atoms with Crippen LogP contribution in [-0.4, -0.2) is 44.9 Å². The summed E-state index contributed by atoms with van der Waals surface area (Å²) in [5.41, 5.74) is 0. The van der Waals surface area contributed by atoms with E-state index in [9.17, 15) is 4.79 Å². The molecule has 0 saturated carbocycles. The molecule has 2 rings (SSSR count). The fraction of sp³-hybridized carbons (Fsp3) is 0.500. The molecule has 5 nitrogen and oxygen atoms in total. The Morgan fingerprint density at radius 1 is 1.42 bits per heavy atom. The summed E-state index contributed by atoms with van der Waals surface area (Å²) in [7, 11) is 0. The van der Waals surface area contributed by atoms with Crippen molar-refractivity contribution in [2.24, 2.45) is 0 Å². The number of para-hydroxylation sites is 1. The number of benzene rings is 1. The third-order valence-corrected chi connectivity index (χ3v) is 2.87. The van der Waals surface area contributed by atoms with Gasteiger partial charge in [0.1, 0.15) is 12.4 Å². The topological polar surface area (TPSA) is 59.6 Å². The van der Waals surface area contributed by atoms with Gasteiger partial charge in [-0.3, -0.25) is 4.79 Å². The molecule has 1 atom stereocenters. The van der Waals surface area contributed by atoms with Crippen LogP contribution in [0.1, 0.15) is 6.42 Å². The van der Waals surface area contributed by atoms with Crippen LogP contribution in [0.5, 0.6) is 5.75 Å². The molecule has 0 bridgehead atoms. The van der Waals surface area contributed by atoms with Crippen molar-refractivity contribution in [3.63, 3.8) is 0 Å². The maximum atomic E-state index is 11.7. The summed E-state index contributed by atoms with van der Waals surface area (Å²) in [6, 6.07) is 9.69. The molecule has 1 saturated heterocycles. The quantitative estimate of drug-likeness (QED) is 0.737. The van der Waals surface area contributed by atoms with Crippen molar-refractivity contribution in [2.45, 2.75) is 12.5 Å². The van der Waals surface area contributed by atoms with Crippen molar-refractivity contribution in [3.05, 3.63) is 30.3 Å². The van der Waals surface area contributed by atoms with E-state index in [-0.39, 0.29) is 11.9 Å². The molecular weight excluding hydrogens is 244 g/mol. The predicted molar refractivity (Wildman–Crippen MR) is 72.2 cm³/mol. The van der Waals surface area contributed by atoms with Crippen LogP contribution < -0.4 is 15.4 Å². The highest BCUT2D eigenvalue weighted by molar-refractivity contribution is 5.76. The first-order chi connectivity index (χ1) is 9.34. The van der Waals surface area contributed by atoms with E-state index in [1.54, 1.807) is 0 Å². The lowest BCUT2D eigenvalue weighted by molar-refractivity contribution is -0.122. The fourth-order valence-corrected chi connectivity index (χ4v) is 1.92. The highest BCUT2D eigenvalue weighted by Crippen LogP contribution is 2.07. The van der Waals surface area contributed by atoms with Crippen LogP contribution in [0.25, 0.3) is 0 Å². The summed E-state index contributed by atoms with van der Waals surface area (Å²) in [5.74, 6) is 0.846. The second-order valence-electron chi connectivity index (χ2n) is 4.44. The summed E-state index contributed by atoms with van der Waals surface area (Å²) < 4.78 is 10.8. The molecule has 1 aromatic carbocycles. The van der Waals surface area contributed by atoms with Crippen LogP contribution in [0.3, 0.4) is 0 Å². The fourth-order valence-electron chi connectivity index (χ4n) is 1.92. The summed E-state index contributed by atoms with van der Waals surface area (Å²) in [4.78, 5) is 11.7. The lowest BCUT2D eigenvalue weighted by atomic mass is 10.2. The standard InChI is InChI=1S/C14H20N2O3/c17-14(10-12-11-18-8-6-15-12)16-7-9-19-13-4-2-1-3-5-13/h1-5,12,15H,6-11H2,(H,16,17). The Morgan fingerprint density at radius 2 is 2.26 bits per heavy atom. The van der Waals surface area contributed by atoms with E-state index in [1.807, 2.05) is 30.3 Å². The smallest absolute Gasteiger partial charge is 0.221 e. The molecule has 19 heavy (non-hydrogen) atoms. The first-order valence-electron chi connectivity index (χ1n) is 6.60. The van der Waals surface area contributed by atoms with E-state index in [4.69, 9.17) is 9.47 Å². The van der Waals surface area contributed by atoms with Crippen LogP contribution >= 0.6 is 0 Å². The maximum Gasteiger partial charge on any atom is 0.221 e. The Balaban J connectivity index is 1.56. The largest absolute Gasteiger partial charge is 0.492 e. The number of carbonyl (C=O) groups is 1. The second kappa shape index (κ2) is 7.76. The van der Waals surface area contributed by atoms with E-state index < -0.39 is 0 Å². The Morgan fingerprint density at radius 3 is 3.00 bits per heavy atom. The van der Waals surface area contributed by atoms with Crippen molar-refractivity contribution >= 4 is 5.91 Å². The molecule has 0 spiro atoms. The molecule has 0 aromatic heterocycles. The zero-order valence-electron chi connectivity index (χ0n) is 10.9. The van der Waals surface area contributed by atoms with Gasteiger partial charge in [-0.05, 0) is 12.1 Å². The van der Waals surface area contributed by atoms with Gasteiger partial charge in [-0.15, -0.1) is 0 Å². The lowest BCUT2D eigenvalue weighted by Crippen LogP contribution is -2.44. The molecule has 1 aliphatic rings. The third kappa shape index (κ3) is 5.28. The molecule has 0 aliphatic carbocycles. The SMILES string of the molecule is O=C(CC1COCCN1)NCCOc1ccccc1. The molecule has 0 radical (unpaired) electrons. The number of hydrogen-bond donors (Lipinski definition) is 2. The van der Waals surface area contributed by atoms with Crippen molar-refractivity contribution < 1.29 is 14.3 Å². The van der Waals surface area contributed by atoms with Crippen LogP contribution in [-0.2, 0) is 9.53 Å². The van der Waals surface area contributed by atoms with Gasteiger partial charge in [0.05, 0.1) is 19.8 Å². The Hall–Kier alpha value is -1.59. The van der Waals surface area contributed by atoms with Gasteiger partial charge in [0.25, 0.3) is 0 Å². The Bertz CT molecular complexity index is 378. The molecule has 2 N–H and O–H groups in total. The molecule has 1 unspecified atom stereocenters. The van der Waals surface area contributed by atoms with Crippen LogP contribution in [0.2, 0.25) is 0 Å². The van der Waals surface area contributed by atoms with Gasteiger partial charge in [0.15, 0.2) is 0 Å². The third-order valence-electron chi connectivity index (χ3n) is 2.87. The monoisotopic (exact) mass is 264 g/mol. The first kappa shape index (κ1) is 13.8. The zero-order chi connectivity index (χ0) is 13.3. The zero-order valence-corrected chi connectivity index (χ0v) is 10.9. The number of nitrogens with one attached hydrogen (secondary N) is 2. The normalized spacial score (nSPS) is 18.8. The lowest BCUT2D eigenvalue weighted by Gasteiger charge is -2.23. The summed E-state index contributed by atoms with van der Waals surface area (Å²) in [6.45, 7) is 3.14. The van der Waals surface area contributed by atoms with Crippen LogP contribution in [0.4, 0.5) is 0 Å². The van der Waals surface area contributed by atoms with Gasteiger partial charge in [0.2, 0.25) is 5.91 Å². The highest BCUT2D eigenvalue weighted by Gasteiger charge is 2.16. The minimum absolute atomic E-state index is 0.0275. The van der Waals surface area contributed by atoms with Gasteiger partial charge < -0.3 is 20.1 Å². The van der Waals surface area contributed by atoms with Gasteiger partial charge in [-0.1, -0.05) is 18.2 Å². The summed E-state index contributed by atoms with van der Waals surface area (Å²) in [6.07, 6.45) is 0.450. The predicted octanol–water partition coefficient (Wildman–Crippen LogP) is 0.560. The van der Waals surface area contributed by atoms with Gasteiger partial charge in [-0.25, -0.2) is 0 Å². The first-order valence-corrected chi connectivity index (χ1v) is 6.60. The van der Waals surface area contributed by atoms with Crippen LogP contribution in [0, 0.1) is 0 Å². The molecule has 5 heteroatoms. The minimum Gasteiger partial charge on any atom is -0.492 e. The van der Waals surface area contributed by atoms with Crippen molar-refractivity contribution in [3.8, 4) is 5.75 Å². The van der Waals surface area contributed by atoms with Crippen molar-refractivity contribution in [1.82, 2.24) is 10.6 Å². The average Bonchev–Trinajstić information content (AvgIpc) is 2.46. The van der Waals surface area contributed by atoms with Crippen molar-refractivity contribution in [2.75, 3.05) is 32.9 Å². The van der Waals surface area contributed by atoms with E-state index >= 15 is 0 Å². The Kier molecular flexibility index (Phi) is 5.65. The van der Waals surface area contributed by atoms with Crippen LogP contribution in [0.15, 0.2) is 30.3 Å². The minimum atomic E-state index is 0.0275. The molecule has 1 fully saturated rings. The highest BCUT2D eigenvalue weighted by atomic mass is 16.5. The molecule has 1 amide bonds. The summed E-state index contributed by atoms with van der Waals surface area (Å²) in [5, 5.41) is 6.09. The number of rotatable bonds is 6.